The fourth-order valence-electron chi connectivity index (χ4n) is 0.863. The molecule has 0 saturated heterocycles. The van der Waals surface area contributed by atoms with E-state index in [0.717, 1.165) is 0 Å². The van der Waals surface area contributed by atoms with Crippen LogP contribution in [0.3, 0.4) is 0 Å². The maximum atomic E-state index is 11.2. The van der Waals surface area contributed by atoms with E-state index in [1.54, 1.807) is 6.92 Å². The molecule has 0 bridgehead atoms. The van der Waals surface area contributed by atoms with E-state index in [4.69, 9.17) is 27.7 Å². The van der Waals surface area contributed by atoms with Crippen LogP contribution in [0.2, 0.25) is 10.0 Å². The number of rotatable bonds is 4. The third-order valence-electron chi connectivity index (χ3n) is 1.40. The number of phosphoric ester groups is 1. The van der Waals surface area contributed by atoms with Crippen LogP contribution in [-0.2, 0) is 9.09 Å². The quantitative estimate of drug-likeness (QED) is 0.851. The molecule has 0 aromatic heterocycles. The molecule has 1 rings (SSSR count). The summed E-state index contributed by atoms with van der Waals surface area (Å²) < 4.78 is 20.5. The smallest absolute Gasteiger partial charge is 0.403 e. The van der Waals surface area contributed by atoms with Gasteiger partial charge in [-0.1, -0.05) is 23.2 Å². The highest BCUT2D eigenvalue weighted by Gasteiger charge is 2.23. The van der Waals surface area contributed by atoms with Crippen LogP contribution in [0, 0.1) is 0 Å². The lowest BCUT2D eigenvalue weighted by atomic mass is 10.3. The van der Waals surface area contributed by atoms with Gasteiger partial charge in [-0.25, -0.2) is 4.57 Å². The summed E-state index contributed by atoms with van der Waals surface area (Å²) in [6.07, 6.45) is 0. The van der Waals surface area contributed by atoms with Crippen LogP contribution in [0.15, 0.2) is 18.2 Å². The van der Waals surface area contributed by atoms with Crippen molar-refractivity contribution in [2.24, 2.45) is 0 Å². The van der Waals surface area contributed by atoms with Crippen LogP contribution < -0.4 is 4.52 Å². The molecule has 4 nitrogen and oxygen atoms in total. The predicted molar refractivity (Wildman–Crippen MR) is 58.5 cm³/mol. The molecule has 0 fully saturated rings. The minimum absolute atomic E-state index is 0.0559. The molecule has 0 amide bonds. The molecule has 15 heavy (non-hydrogen) atoms. The zero-order valence-electron chi connectivity index (χ0n) is 7.81. The van der Waals surface area contributed by atoms with Gasteiger partial charge in [-0.15, -0.1) is 0 Å². The van der Waals surface area contributed by atoms with Crippen molar-refractivity contribution >= 4 is 31.0 Å². The fourth-order valence-corrected chi connectivity index (χ4v) is 2.15. The second-order valence-electron chi connectivity index (χ2n) is 2.55. The molecule has 1 atom stereocenters. The van der Waals surface area contributed by atoms with E-state index in [1.165, 1.54) is 18.2 Å². The van der Waals surface area contributed by atoms with Crippen LogP contribution in [0.4, 0.5) is 0 Å². The van der Waals surface area contributed by atoms with Gasteiger partial charge in [0, 0.05) is 5.02 Å². The third kappa shape index (κ3) is 4.01. The number of hydrogen-bond acceptors (Lipinski definition) is 3. The molecule has 0 saturated carbocycles. The Morgan fingerprint density at radius 2 is 2.13 bits per heavy atom. The SMILES string of the molecule is CCOP(=O)(O)Oc1ccc(Cl)cc1Cl. The van der Waals surface area contributed by atoms with E-state index in [-0.39, 0.29) is 17.4 Å². The first-order chi connectivity index (χ1) is 6.94. The fraction of sp³-hybridized carbons (Fsp3) is 0.250. The number of hydrogen-bond donors (Lipinski definition) is 1. The summed E-state index contributed by atoms with van der Waals surface area (Å²) in [7, 11) is -4.08. The molecule has 1 aromatic rings. The molecule has 1 N–H and O–H groups in total. The molecule has 0 radical (unpaired) electrons. The van der Waals surface area contributed by atoms with Crippen molar-refractivity contribution in [2.75, 3.05) is 6.61 Å². The monoisotopic (exact) mass is 270 g/mol. The molecular formula is C8H9Cl2O4P. The van der Waals surface area contributed by atoms with Gasteiger partial charge in [-0.3, -0.25) is 9.42 Å². The van der Waals surface area contributed by atoms with Crippen molar-refractivity contribution < 1.29 is 18.5 Å². The predicted octanol–water partition coefficient (Wildman–Crippen LogP) is 3.51. The second kappa shape index (κ2) is 5.19. The number of halogens is 2. The largest absolute Gasteiger partial charge is 0.527 e. The van der Waals surface area contributed by atoms with Gasteiger partial charge >= 0.3 is 7.82 Å². The van der Waals surface area contributed by atoms with Crippen LogP contribution in [0.5, 0.6) is 5.75 Å². The Morgan fingerprint density at radius 1 is 1.47 bits per heavy atom. The lowest BCUT2D eigenvalue weighted by molar-refractivity contribution is 0.213. The molecule has 7 heteroatoms. The number of phosphoric acid groups is 1. The first-order valence-corrected chi connectivity index (χ1v) is 6.32. The Balaban J connectivity index is 2.85. The molecular weight excluding hydrogens is 262 g/mol. The van der Waals surface area contributed by atoms with Gasteiger partial charge in [-0.2, -0.15) is 0 Å². The number of benzene rings is 1. The van der Waals surface area contributed by atoms with Gasteiger partial charge in [0.2, 0.25) is 0 Å². The maximum Gasteiger partial charge on any atom is 0.527 e. The van der Waals surface area contributed by atoms with Gasteiger partial charge in [0.25, 0.3) is 0 Å². The Morgan fingerprint density at radius 3 is 2.67 bits per heavy atom. The van der Waals surface area contributed by atoms with Gasteiger partial charge in [0.05, 0.1) is 11.6 Å². The Labute approximate surface area is 97.3 Å². The molecule has 84 valence electrons. The molecule has 1 unspecified atom stereocenters. The first kappa shape index (κ1) is 12.8. The van der Waals surface area contributed by atoms with Crippen LogP contribution in [0.1, 0.15) is 6.92 Å². The van der Waals surface area contributed by atoms with Gasteiger partial charge in [0.1, 0.15) is 5.75 Å². The average molecular weight is 271 g/mol. The van der Waals surface area contributed by atoms with E-state index in [2.05, 4.69) is 4.52 Å². The highest BCUT2D eigenvalue weighted by Crippen LogP contribution is 2.45. The summed E-state index contributed by atoms with van der Waals surface area (Å²) >= 11 is 11.4. The van der Waals surface area contributed by atoms with Gasteiger partial charge in [0.15, 0.2) is 0 Å². The Bertz CT molecular complexity index is 396. The molecule has 1 aromatic carbocycles. The second-order valence-corrected chi connectivity index (χ2v) is 4.77. The molecule has 0 aliphatic heterocycles. The van der Waals surface area contributed by atoms with Gasteiger partial charge in [-0.05, 0) is 25.1 Å². The van der Waals surface area contributed by atoms with Crippen molar-refractivity contribution in [3.63, 3.8) is 0 Å². The summed E-state index contributed by atoms with van der Waals surface area (Å²) in [5.41, 5.74) is 0. The minimum Gasteiger partial charge on any atom is -0.403 e. The normalized spacial score (nSPS) is 14.7. The summed E-state index contributed by atoms with van der Waals surface area (Å²) in [4.78, 5) is 9.18. The van der Waals surface area contributed by atoms with Crippen molar-refractivity contribution in [3.8, 4) is 5.75 Å². The van der Waals surface area contributed by atoms with E-state index >= 15 is 0 Å². The van der Waals surface area contributed by atoms with E-state index < -0.39 is 7.82 Å². The lowest BCUT2D eigenvalue weighted by Gasteiger charge is -2.12. The first-order valence-electron chi connectivity index (χ1n) is 4.06. The summed E-state index contributed by atoms with van der Waals surface area (Å²) in [6.45, 7) is 1.65. The van der Waals surface area contributed by atoms with Crippen molar-refractivity contribution in [1.29, 1.82) is 0 Å². The van der Waals surface area contributed by atoms with Crippen LogP contribution >= 0.6 is 31.0 Å². The summed E-state index contributed by atoms with van der Waals surface area (Å²) in [5, 5.41) is 0.563. The van der Waals surface area contributed by atoms with Crippen LogP contribution in [-0.4, -0.2) is 11.5 Å². The van der Waals surface area contributed by atoms with Gasteiger partial charge < -0.3 is 4.52 Å². The molecule has 0 heterocycles. The van der Waals surface area contributed by atoms with Crippen molar-refractivity contribution in [3.05, 3.63) is 28.2 Å². The standard InChI is InChI=1S/C8H9Cl2O4P/c1-2-13-15(11,12)14-8-4-3-6(9)5-7(8)10/h3-5H,2H2,1H3,(H,11,12). The van der Waals surface area contributed by atoms with Crippen molar-refractivity contribution in [2.45, 2.75) is 6.92 Å². The zero-order chi connectivity index (χ0) is 11.5. The summed E-state index contributed by atoms with van der Waals surface area (Å²) in [5.74, 6) is 0.0559. The lowest BCUT2D eigenvalue weighted by Crippen LogP contribution is -1.97. The summed E-state index contributed by atoms with van der Waals surface area (Å²) in [6, 6.07) is 4.30. The van der Waals surface area contributed by atoms with E-state index in [0.29, 0.717) is 5.02 Å². The molecule has 0 aliphatic carbocycles. The van der Waals surface area contributed by atoms with E-state index in [9.17, 15) is 9.46 Å². The highest BCUT2D eigenvalue weighted by atomic mass is 35.5. The topological polar surface area (TPSA) is 55.8 Å². The van der Waals surface area contributed by atoms with Crippen molar-refractivity contribution in [1.82, 2.24) is 0 Å². The Hall–Kier alpha value is -0.250. The molecule has 0 aliphatic rings. The average Bonchev–Trinajstić information content (AvgIpc) is 2.09. The van der Waals surface area contributed by atoms with E-state index in [1.807, 2.05) is 0 Å². The third-order valence-corrected chi connectivity index (χ3v) is 2.94. The minimum atomic E-state index is -4.08. The maximum absolute atomic E-state index is 11.2. The molecule has 0 spiro atoms. The van der Waals surface area contributed by atoms with Crippen LogP contribution in [0.25, 0.3) is 0 Å². The highest BCUT2D eigenvalue weighted by molar-refractivity contribution is 7.47. The Kier molecular flexibility index (Phi) is 4.44. The zero-order valence-corrected chi connectivity index (χ0v) is 10.2.